The number of aromatic nitrogens is 2. The Balaban J connectivity index is 1.78. The molecule has 2 rings (SSSR count). The van der Waals surface area contributed by atoms with Crippen molar-refractivity contribution in [2.45, 2.75) is 46.0 Å². The highest BCUT2D eigenvalue weighted by atomic mass is 35.5. The topological polar surface area (TPSA) is 47.0 Å². The maximum Gasteiger partial charge on any atom is 0.137 e. The van der Waals surface area contributed by atoms with Crippen LogP contribution in [0.2, 0.25) is 5.15 Å². The van der Waals surface area contributed by atoms with Gasteiger partial charge in [0.2, 0.25) is 0 Å². The first-order chi connectivity index (χ1) is 9.58. The third kappa shape index (κ3) is 4.60. The monoisotopic (exact) mass is 297 g/mol. The first-order valence-corrected chi connectivity index (χ1v) is 7.81. The molecular weight excluding hydrogens is 274 g/mol. The van der Waals surface area contributed by atoms with Crippen molar-refractivity contribution in [1.82, 2.24) is 9.97 Å². The Morgan fingerprint density at radius 3 is 2.75 bits per heavy atom. The number of rotatable bonds is 8. The molecule has 0 spiro atoms. The average molecular weight is 298 g/mol. The van der Waals surface area contributed by atoms with E-state index in [0.717, 1.165) is 49.3 Å². The molecule has 1 aromatic heterocycles. The van der Waals surface area contributed by atoms with Crippen molar-refractivity contribution < 1.29 is 4.74 Å². The normalized spacial score (nSPS) is 14.8. The molecular formula is C15H24ClN3O. The van der Waals surface area contributed by atoms with Crippen LogP contribution in [0.15, 0.2) is 0 Å². The summed E-state index contributed by atoms with van der Waals surface area (Å²) in [4.78, 5) is 8.85. The molecule has 0 aromatic carbocycles. The highest BCUT2D eigenvalue weighted by molar-refractivity contribution is 6.30. The Morgan fingerprint density at radius 2 is 2.10 bits per heavy atom. The Hall–Kier alpha value is -0.870. The fourth-order valence-corrected chi connectivity index (χ4v) is 2.03. The number of hydrogen-bond donors (Lipinski definition) is 1. The van der Waals surface area contributed by atoms with E-state index >= 15 is 0 Å². The van der Waals surface area contributed by atoms with Crippen LogP contribution in [0, 0.1) is 12.8 Å². The number of nitrogens with one attached hydrogen (secondary N) is 1. The van der Waals surface area contributed by atoms with Crippen LogP contribution >= 0.6 is 11.6 Å². The number of halogens is 1. The Labute approximate surface area is 126 Å². The minimum absolute atomic E-state index is 0.274. The van der Waals surface area contributed by atoms with Gasteiger partial charge in [-0.05, 0) is 32.1 Å². The van der Waals surface area contributed by atoms with Crippen LogP contribution in [0.5, 0.6) is 0 Å². The summed E-state index contributed by atoms with van der Waals surface area (Å²) in [6, 6.07) is 0. The van der Waals surface area contributed by atoms with Gasteiger partial charge >= 0.3 is 0 Å². The highest BCUT2D eigenvalue weighted by Crippen LogP contribution is 2.28. The van der Waals surface area contributed by atoms with Crippen LogP contribution in [0.1, 0.15) is 50.4 Å². The Morgan fingerprint density at radius 1 is 1.35 bits per heavy atom. The molecule has 1 saturated carbocycles. The quantitative estimate of drug-likeness (QED) is 0.586. The van der Waals surface area contributed by atoms with Crippen molar-refractivity contribution in [1.29, 1.82) is 0 Å². The Kier molecular flexibility index (Phi) is 5.61. The average Bonchev–Trinajstić information content (AvgIpc) is 3.22. The van der Waals surface area contributed by atoms with E-state index in [1.807, 2.05) is 6.92 Å². The van der Waals surface area contributed by atoms with Crippen molar-refractivity contribution in [3.8, 4) is 0 Å². The molecule has 4 nitrogen and oxygen atoms in total. The second-order valence-corrected chi connectivity index (χ2v) is 6.16. The van der Waals surface area contributed by atoms with Gasteiger partial charge in [-0.15, -0.1) is 0 Å². The molecule has 1 aromatic rings. The van der Waals surface area contributed by atoms with Gasteiger partial charge in [-0.3, -0.25) is 0 Å². The number of ether oxygens (including phenoxy) is 1. The van der Waals surface area contributed by atoms with Crippen LogP contribution in [-0.4, -0.2) is 29.7 Å². The van der Waals surface area contributed by atoms with Crippen LogP contribution in [-0.2, 0) is 4.74 Å². The van der Waals surface area contributed by atoms with Crippen molar-refractivity contribution in [2.24, 2.45) is 5.92 Å². The number of nitrogens with zero attached hydrogens (tertiary/aromatic N) is 2. The number of anilines is 1. The Bertz CT molecular complexity index is 447. The summed E-state index contributed by atoms with van der Waals surface area (Å²) in [6.07, 6.45) is 3.66. The van der Waals surface area contributed by atoms with Gasteiger partial charge in [-0.25, -0.2) is 9.97 Å². The summed E-state index contributed by atoms with van der Waals surface area (Å²) in [6.45, 7) is 8.65. The fraction of sp³-hybridized carbons (Fsp3) is 0.733. The molecule has 0 saturated heterocycles. The van der Waals surface area contributed by atoms with Crippen molar-refractivity contribution in [3.63, 3.8) is 0 Å². The van der Waals surface area contributed by atoms with Gasteiger partial charge in [-0.2, -0.15) is 0 Å². The largest absolute Gasteiger partial charge is 0.381 e. The SMILES string of the molecule is Cc1c(Cl)nc(C(C)C)nc1NCCCOCC1CC1. The summed E-state index contributed by atoms with van der Waals surface area (Å²) in [5, 5.41) is 3.88. The zero-order valence-corrected chi connectivity index (χ0v) is 13.3. The summed E-state index contributed by atoms with van der Waals surface area (Å²) >= 11 is 6.15. The van der Waals surface area contributed by atoms with E-state index in [4.69, 9.17) is 16.3 Å². The van der Waals surface area contributed by atoms with Gasteiger partial charge in [0.25, 0.3) is 0 Å². The first-order valence-electron chi connectivity index (χ1n) is 7.43. The van der Waals surface area contributed by atoms with Crippen LogP contribution in [0.25, 0.3) is 0 Å². The predicted octanol–water partition coefficient (Wildman–Crippen LogP) is 3.79. The zero-order valence-electron chi connectivity index (χ0n) is 12.6. The molecule has 20 heavy (non-hydrogen) atoms. The molecule has 0 bridgehead atoms. The first kappa shape index (κ1) is 15.5. The molecule has 1 aliphatic rings. The lowest BCUT2D eigenvalue weighted by molar-refractivity contribution is 0.124. The molecule has 0 atom stereocenters. The second-order valence-electron chi connectivity index (χ2n) is 5.80. The van der Waals surface area contributed by atoms with E-state index in [1.165, 1.54) is 12.8 Å². The molecule has 1 aliphatic carbocycles. The lowest BCUT2D eigenvalue weighted by atomic mass is 10.2. The van der Waals surface area contributed by atoms with Gasteiger partial charge in [0.1, 0.15) is 16.8 Å². The lowest BCUT2D eigenvalue weighted by Gasteiger charge is -2.13. The van der Waals surface area contributed by atoms with E-state index in [-0.39, 0.29) is 5.92 Å². The van der Waals surface area contributed by atoms with E-state index in [0.29, 0.717) is 5.15 Å². The maximum atomic E-state index is 6.15. The van der Waals surface area contributed by atoms with E-state index in [1.54, 1.807) is 0 Å². The van der Waals surface area contributed by atoms with E-state index in [2.05, 4.69) is 29.1 Å². The summed E-state index contributed by atoms with van der Waals surface area (Å²) in [5.74, 6) is 2.74. The standard InChI is InChI=1S/C15H24ClN3O/c1-10(2)14-18-13(16)11(3)15(19-14)17-7-4-8-20-9-12-5-6-12/h10,12H,4-9H2,1-3H3,(H,17,18,19). The maximum absolute atomic E-state index is 6.15. The molecule has 1 N–H and O–H groups in total. The summed E-state index contributed by atoms with van der Waals surface area (Å²) in [7, 11) is 0. The smallest absolute Gasteiger partial charge is 0.137 e. The molecule has 0 unspecified atom stereocenters. The van der Waals surface area contributed by atoms with Crippen LogP contribution in [0.4, 0.5) is 5.82 Å². The van der Waals surface area contributed by atoms with Crippen molar-refractivity contribution in [3.05, 3.63) is 16.5 Å². The molecule has 0 amide bonds. The molecule has 1 heterocycles. The molecule has 5 heteroatoms. The zero-order chi connectivity index (χ0) is 14.5. The van der Waals surface area contributed by atoms with Crippen LogP contribution in [0.3, 0.4) is 0 Å². The third-order valence-electron chi connectivity index (χ3n) is 3.43. The fourth-order valence-electron chi connectivity index (χ4n) is 1.85. The lowest BCUT2D eigenvalue weighted by Crippen LogP contribution is -2.11. The second kappa shape index (κ2) is 7.23. The van der Waals surface area contributed by atoms with Gasteiger partial charge in [-0.1, -0.05) is 25.4 Å². The van der Waals surface area contributed by atoms with Crippen molar-refractivity contribution in [2.75, 3.05) is 25.1 Å². The minimum atomic E-state index is 0.274. The van der Waals surface area contributed by atoms with Gasteiger partial charge in [0.15, 0.2) is 0 Å². The van der Waals surface area contributed by atoms with E-state index < -0.39 is 0 Å². The summed E-state index contributed by atoms with van der Waals surface area (Å²) < 4.78 is 5.61. The van der Waals surface area contributed by atoms with Gasteiger partial charge < -0.3 is 10.1 Å². The molecule has 0 aliphatic heterocycles. The number of hydrogen-bond acceptors (Lipinski definition) is 4. The highest BCUT2D eigenvalue weighted by Gasteiger charge is 2.20. The van der Waals surface area contributed by atoms with Crippen molar-refractivity contribution >= 4 is 17.4 Å². The third-order valence-corrected chi connectivity index (χ3v) is 3.80. The summed E-state index contributed by atoms with van der Waals surface area (Å²) in [5.41, 5.74) is 0.912. The molecule has 1 fully saturated rings. The van der Waals surface area contributed by atoms with E-state index in [9.17, 15) is 0 Å². The minimum Gasteiger partial charge on any atom is -0.381 e. The van der Waals surface area contributed by atoms with Gasteiger partial charge in [0.05, 0.1) is 0 Å². The predicted molar refractivity (Wildman–Crippen MR) is 82.5 cm³/mol. The van der Waals surface area contributed by atoms with Crippen LogP contribution < -0.4 is 5.32 Å². The molecule has 0 radical (unpaired) electrons. The molecule has 112 valence electrons. The van der Waals surface area contributed by atoms with Gasteiger partial charge in [0, 0.05) is 31.2 Å².